The minimum Gasteiger partial charge on any atom is -0.459 e. The third-order valence-electron chi connectivity index (χ3n) is 3.38. The minimum atomic E-state index is -0.513. The van der Waals surface area contributed by atoms with Crippen LogP contribution < -0.4 is 10.9 Å². The van der Waals surface area contributed by atoms with Crippen LogP contribution in [0.1, 0.15) is 34.6 Å². The van der Waals surface area contributed by atoms with Crippen LogP contribution in [0.25, 0.3) is 11.0 Å². The fourth-order valence-corrected chi connectivity index (χ4v) is 3.03. The number of fused-ring (bicyclic) bond motifs is 1. The molecular weight excluding hydrogens is 340 g/mol. The lowest BCUT2D eigenvalue weighted by atomic mass is 10.2. The fourth-order valence-electron chi connectivity index (χ4n) is 2.26. The van der Waals surface area contributed by atoms with E-state index in [1.165, 1.54) is 11.3 Å². The number of rotatable bonds is 4. The average Bonchev–Trinajstić information content (AvgIpc) is 3.01. The van der Waals surface area contributed by atoms with Gasteiger partial charge in [-0.2, -0.15) is 0 Å². The summed E-state index contributed by atoms with van der Waals surface area (Å²) in [6.45, 7) is 3.51. The second-order valence-corrected chi connectivity index (χ2v) is 6.51. The first-order valence-corrected chi connectivity index (χ1v) is 8.51. The number of hydrogen-bond acceptors (Lipinski definition) is 6. The van der Waals surface area contributed by atoms with Crippen molar-refractivity contribution in [1.29, 1.82) is 5.41 Å². The molecule has 1 amide bonds. The molecule has 2 aromatic heterocycles. The van der Waals surface area contributed by atoms with E-state index in [0.717, 1.165) is 0 Å². The van der Waals surface area contributed by atoms with Gasteiger partial charge in [-0.05, 0) is 37.4 Å². The summed E-state index contributed by atoms with van der Waals surface area (Å²) in [6.07, 6.45) is -0.255. The molecule has 0 bridgehead atoms. The van der Waals surface area contributed by atoms with E-state index >= 15 is 0 Å². The standard InChI is InChI=1S/C18H16N2O4S/c1-10(2)23-18(22)12-7-8-25-17(12)20-16(21)13-9-11-5-3-4-6-14(11)24-15(13)19/h3-10,19H,1-2H3,(H,20,21). The minimum absolute atomic E-state index is 0.0928. The highest BCUT2D eigenvalue weighted by molar-refractivity contribution is 7.14. The maximum atomic E-state index is 12.5. The van der Waals surface area contributed by atoms with Crippen LogP contribution in [-0.4, -0.2) is 18.0 Å². The van der Waals surface area contributed by atoms with E-state index in [0.29, 0.717) is 16.0 Å². The highest BCUT2D eigenvalue weighted by Gasteiger charge is 2.19. The summed E-state index contributed by atoms with van der Waals surface area (Å²) in [5.74, 6) is -1.01. The normalized spacial score (nSPS) is 10.8. The summed E-state index contributed by atoms with van der Waals surface area (Å²) in [7, 11) is 0. The van der Waals surface area contributed by atoms with Crippen molar-refractivity contribution >= 4 is 39.2 Å². The van der Waals surface area contributed by atoms with Crippen LogP contribution in [0.2, 0.25) is 0 Å². The summed E-state index contributed by atoms with van der Waals surface area (Å²) in [5, 5.41) is 13.4. The van der Waals surface area contributed by atoms with E-state index in [9.17, 15) is 9.59 Å². The predicted molar refractivity (Wildman–Crippen MR) is 94.9 cm³/mol. The molecule has 0 saturated heterocycles. The van der Waals surface area contributed by atoms with Crippen LogP contribution in [0, 0.1) is 5.41 Å². The summed E-state index contributed by atoms with van der Waals surface area (Å²) >= 11 is 1.21. The molecule has 0 fully saturated rings. The summed E-state index contributed by atoms with van der Waals surface area (Å²) < 4.78 is 10.5. The first-order valence-electron chi connectivity index (χ1n) is 7.63. The van der Waals surface area contributed by atoms with Crippen molar-refractivity contribution in [3.8, 4) is 0 Å². The van der Waals surface area contributed by atoms with Crippen molar-refractivity contribution in [3.63, 3.8) is 0 Å². The van der Waals surface area contributed by atoms with Crippen LogP contribution >= 0.6 is 11.3 Å². The predicted octanol–water partition coefficient (Wildman–Crippen LogP) is 3.79. The topological polar surface area (TPSA) is 92.4 Å². The summed E-state index contributed by atoms with van der Waals surface area (Å²) in [5.41, 5.74) is 0.673. The molecule has 0 aliphatic carbocycles. The van der Waals surface area contributed by atoms with E-state index in [1.807, 2.05) is 6.07 Å². The van der Waals surface area contributed by atoms with Crippen molar-refractivity contribution in [3.05, 3.63) is 58.5 Å². The molecule has 0 unspecified atom stereocenters. The molecular formula is C18H16N2O4S. The molecule has 6 nitrogen and oxygen atoms in total. The lowest BCUT2D eigenvalue weighted by Crippen LogP contribution is -2.21. The third-order valence-corrected chi connectivity index (χ3v) is 4.20. The van der Waals surface area contributed by atoms with Crippen LogP contribution in [-0.2, 0) is 4.74 Å². The lowest BCUT2D eigenvalue weighted by Gasteiger charge is -2.09. The smallest absolute Gasteiger partial charge is 0.341 e. The van der Waals surface area contributed by atoms with Gasteiger partial charge in [0.2, 0.25) is 5.55 Å². The first-order chi connectivity index (χ1) is 12.0. The number of esters is 1. The molecule has 2 N–H and O–H groups in total. The summed E-state index contributed by atoms with van der Waals surface area (Å²) in [4.78, 5) is 24.6. The fraction of sp³-hybridized carbons (Fsp3) is 0.167. The zero-order valence-corrected chi connectivity index (χ0v) is 14.5. The molecule has 0 aliphatic rings. The number of thiophene rings is 1. The molecule has 1 aromatic carbocycles. The van der Waals surface area contributed by atoms with E-state index in [1.54, 1.807) is 49.6 Å². The molecule has 7 heteroatoms. The van der Waals surface area contributed by atoms with Crippen LogP contribution in [0.5, 0.6) is 0 Å². The molecule has 0 saturated carbocycles. The third kappa shape index (κ3) is 3.61. The SMILES string of the molecule is CC(C)OC(=O)c1ccsc1NC(=O)c1cc2ccccc2oc1=N. The van der Waals surface area contributed by atoms with Gasteiger partial charge in [0, 0.05) is 5.39 Å². The van der Waals surface area contributed by atoms with E-state index in [-0.39, 0.29) is 22.8 Å². The van der Waals surface area contributed by atoms with Gasteiger partial charge < -0.3 is 14.5 Å². The van der Waals surface area contributed by atoms with Crippen LogP contribution in [0.4, 0.5) is 5.00 Å². The van der Waals surface area contributed by atoms with Gasteiger partial charge in [0.25, 0.3) is 5.91 Å². The van der Waals surface area contributed by atoms with Gasteiger partial charge in [-0.3, -0.25) is 10.2 Å². The molecule has 0 atom stereocenters. The number of hydrogen-bond donors (Lipinski definition) is 2. The molecule has 0 aliphatic heterocycles. The van der Waals surface area contributed by atoms with Gasteiger partial charge in [0.1, 0.15) is 16.1 Å². The number of para-hydroxylation sites is 1. The van der Waals surface area contributed by atoms with Crippen LogP contribution in [0.15, 0.2) is 46.2 Å². The second-order valence-electron chi connectivity index (χ2n) is 5.60. The number of benzene rings is 1. The van der Waals surface area contributed by atoms with Gasteiger partial charge in [0.15, 0.2) is 0 Å². The highest BCUT2D eigenvalue weighted by atomic mass is 32.1. The molecule has 25 heavy (non-hydrogen) atoms. The number of nitrogens with one attached hydrogen (secondary N) is 2. The Morgan fingerprint density at radius 2 is 1.96 bits per heavy atom. The largest absolute Gasteiger partial charge is 0.459 e. The number of carbonyl (C=O) groups excluding carboxylic acids is 2. The monoisotopic (exact) mass is 356 g/mol. The molecule has 0 radical (unpaired) electrons. The number of carbonyl (C=O) groups is 2. The van der Waals surface area contributed by atoms with Gasteiger partial charge >= 0.3 is 5.97 Å². The van der Waals surface area contributed by atoms with E-state index < -0.39 is 11.9 Å². The van der Waals surface area contributed by atoms with Crippen molar-refractivity contribution in [2.24, 2.45) is 0 Å². The Morgan fingerprint density at radius 1 is 1.20 bits per heavy atom. The summed E-state index contributed by atoms with van der Waals surface area (Å²) in [6, 6.07) is 10.3. The Morgan fingerprint density at radius 3 is 2.72 bits per heavy atom. The van der Waals surface area contributed by atoms with E-state index in [2.05, 4.69) is 5.32 Å². The van der Waals surface area contributed by atoms with Gasteiger partial charge in [-0.1, -0.05) is 18.2 Å². The van der Waals surface area contributed by atoms with E-state index in [4.69, 9.17) is 14.6 Å². The maximum Gasteiger partial charge on any atom is 0.341 e. The second kappa shape index (κ2) is 6.90. The Hall–Kier alpha value is -2.93. The van der Waals surface area contributed by atoms with Gasteiger partial charge in [-0.25, -0.2) is 4.79 Å². The average molecular weight is 356 g/mol. The van der Waals surface area contributed by atoms with Gasteiger partial charge in [0.05, 0.1) is 11.7 Å². The van der Waals surface area contributed by atoms with Crippen molar-refractivity contribution in [2.75, 3.05) is 5.32 Å². The number of amides is 1. The molecule has 2 heterocycles. The molecule has 3 rings (SSSR count). The molecule has 3 aromatic rings. The van der Waals surface area contributed by atoms with Crippen molar-refractivity contribution in [1.82, 2.24) is 0 Å². The Labute approximate surface area is 147 Å². The Balaban J connectivity index is 1.89. The first kappa shape index (κ1) is 16.9. The van der Waals surface area contributed by atoms with Crippen molar-refractivity contribution in [2.45, 2.75) is 20.0 Å². The lowest BCUT2D eigenvalue weighted by molar-refractivity contribution is 0.0379. The maximum absolute atomic E-state index is 12.5. The van der Waals surface area contributed by atoms with Crippen molar-refractivity contribution < 1.29 is 18.7 Å². The highest BCUT2D eigenvalue weighted by Crippen LogP contribution is 2.25. The zero-order chi connectivity index (χ0) is 18.0. The number of anilines is 1. The van der Waals surface area contributed by atoms with Crippen LogP contribution in [0.3, 0.4) is 0 Å². The molecule has 128 valence electrons. The quantitative estimate of drug-likeness (QED) is 0.696. The van der Waals surface area contributed by atoms with Gasteiger partial charge in [-0.15, -0.1) is 11.3 Å². The number of ether oxygens (including phenoxy) is 1. The molecule has 0 spiro atoms. The Bertz CT molecular complexity index is 1000. The zero-order valence-electron chi connectivity index (χ0n) is 13.7. The Kier molecular flexibility index (Phi) is 4.67.